The molecule has 0 spiro atoms. The minimum Gasteiger partial charge on any atom is -0.387 e. The van der Waals surface area contributed by atoms with Crippen molar-refractivity contribution in [3.63, 3.8) is 0 Å². The minimum absolute atomic E-state index is 0.0514. The van der Waals surface area contributed by atoms with E-state index in [0.29, 0.717) is 18.7 Å². The molecule has 0 saturated carbocycles. The van der Waals surface area contributed by atoms with Crippen molar-refractivity contribution in [3.8, 4) is 0 Å². The second-order valence-corrected chi connectivity index (χ2v) is 6.36. The topological polar surface area (TPSA) is 67.2 Å². The number of aromatic nitrogens is 2. The molecule has 106 valence electrons. The Balaban J connectivity index is 1.91. The van der Waals surface area contributed by atoms with Gasteiger partial charge in [-0.15, -0.1) is 0 Å². The van der Waals surface area contributed by atoms with Gasteiger partial charge < -0.3 is 10.4 Å². The van der Waals surface area contributed by atoms with Crippen molar-refractivity contribution < 1.29 is 9.90 Å². The second-order valence-electron chi connectivity index (χ2n) is 5.25. The van der Waals surface area contributed by atoms with Crippen LogP contribution in [0.1, 0.15) is 23.4 Å². The van der Waals surface area contributed by atoms with Crippen molar-refractivity contribution >= 4 is 17.7 Å². The molecule has 1 unspecified atom stereocenters. The maximum atomic E-state index is 12.0. The summed E-state index contributed by atoms with van der Waals surface area (Å²) in [6, 6.07) is 0. The number of nitrogens with zero attached hydrogens (tertiary/aromatic N) is 2. The quantitative estimate of drug-likeness (QED) is 0.847. The van der Waals surface area contributed by atoms with Gasteiger partial charge in [-0.1, -0.05) is 0 Å². The molecule has 2 heterocycles. The molecule has 0 aliphatic carbocycles. The van der Waals surface area contributed by atoms with E-state index in [1.807, 2.05) is 20.9 Å². The van der Waals surface area contributed by atoms with Gasteiger partial charge >= 0.3 is 0 Å². The fourth-order valence-corrected chi connectivity index (χ4v) is 3.59. The first-order valence-electron chi connectivity index (χ1n) is 6.47. The second kappa shape index (κ2) is 5.54. The molecule has 0 bridgehead atoms. The normalized spacial score (nSPS) is 22.7. The van der Waals surface area contributed by atoms with Gasteiger partial charge in [0.2, 0.25) is 5.91 Å². The SMILES string of the molecule is Cc1nn(C)c(C)c1CC(=O)NCC1(O)CCSC1. The summed E-state index contributed by atoms with van der Waals surface area (Å²) in [6.45, 7) is 4.22. The molecule has 2 rings (SSSR count). The largest absolute Gasteiger partial charge is 0.387 e. The fraction of sp³-hybridized carbons (Fsp3) is 0.692. The molecule has 6 heteroatoms. The Bertz CT molecular complexity index is 478. The lowest BCUT2D eigenvalue weighted by atomic mass is 10.0. The standard InChI is InChI=1S/C13H21N3O2S/c1-9-11(10(2)16(3)15-9)6-12(17)14-7-13(18)4-5-19-8-13/h18H,4-8H2,1-3H3,(H,14,17). The van der Waals surface area contributed by atoms with E-state index in [9.17, 15) is 9.90 Å². The van der Waals surface area contributed by atoms with Gasteiger partial charge in [0.05, 0.1) is 17.7 Å². The third-order valence-corrected chi connectivity index (χ3v) is 4.93. The van der Waals surface area contributed by atoms with E-state index < -0.39 is 5.60 Å². The number of hydrogen-bond acceptors (Lipinski definition) is 4. The van der Waals surface area contributed by atoms with Gasteiger partial charge in [-0.25, -0.2) is 0 Å². The van der Waals surface area contributed by atoms with Crippen molar-refractivity contribution in [1.82, 2.24) is 15.1 Å². The Morgan fingerprint density at radius 1 is 1.58 bits per heavy atom. The highest BCUT2D eigenvalue weighted by atomic mass is 32.2. The molecular formula is C13H21N3O2S. The summed E-state index contributed by atoms with van der Waals surface area (Å²) in [4.78, 5) is 12.0. The minimum atomic E-state index is -0.723. The van der Waals surface area contributed by atoms with Crippen molar-refractivity contribution in [1.29, 1.82) is 0 Å². The van der Waals surface area contributed by atoms with Crippen LogP contribution in [0.3, 0.4) is 0 Å². The number of aryl methyl sites for hydroxylation is 2. The number of aliphatic hydroxyl groups is 1. The van der Waals surface area contributed by atoms with Crippen molar-refractivity contribution in [2.24, 2.45) is 7.05 Å². The zero-order valence-corrected chi connectivity index (χ0v) is 12.5. The van der Waals surface area contributed by atoms with E-state index in [1.54, 1.807) is 16.4 Å². The van der Waals surface area contributed by atoms with E-state index >= 15 is 0 Å². The highest BCUT2D eigenvalue weighted by Gasteiger charge is 2.32. The monoisotopic (exact) mass is 283 g/mol. The number of amides is 1. The summed E-state index contributed by atoms with van der Waals surface area (Å²) in [5.74, 6) is 1.62. The summed E-state index contributed by atoms with van der Waals surface area (Å²) in [5, 5.41) is 17.3. The van der Waals surface area contributed by atoms with E-state index in [-0.39, 0.29) is 5.91 Å². The molecule has 19 heavy (non-hydrogen) atoms. The van der Waals surface area contributed by atoms with Crippen LogP contribution in [-0.4, -0.2) is 44.4 Å². The van der Waals surface area contributed by atoms with E-state index in [2.05, 4.69) is 10.4 Å². The van der Waals surface area contributed by atoms with Gasteiger partial charge in [0.1, 0.15) is 0 Å². The molecule has 1 aliphatic heterocycles. The van der Waals surface area contributed by atoms with Gasteiger partial charge in [0, 0.05) is 30.6 Å². The molecule has 1 saturated heterocycles. The highest BCUT2D eigenvalue weighted by molar-refractivity contribution is 7.99. The molecule has 1 aliphatic rings. The maximum Gasteiger partial charge on any atom is 0.224 e. The molecule has 1 amide bonds. The fourth-order valence-electron chi connectivity index (χ4n) is 2.30. The number of carbonyl (C=O) groups is 1. The molecule has 5 nitrogen and oxygen atoms in total. The number of rotatable bonds is 4. The molecule has 1 fully saturated rings. The molecule has 2 N–H and O–H groups in total. The predicted octanol–water partition coefficient (Wildman–Crippen LogP) is 0.564. The Morgan fingerprint density at radius 3 is 2.84 bits per heavy atom. The van der Waals surface area contributed by atoms with Gasteiger partial charge in [-0.2, -0.15) is 16.9 Å². The molecule has 0 radical (unpaired) electrons. The number of thioether (sulfide) groups is 1. The van der Waals surface area contributed by atoms with Crippen LogP contribution in [0.5, 0.6) is 0 Å². The van der Waals surface area contributed by atoms with Crippen molar-refractivity contribution in [3.05, 3.63) is 17.0 Å². The van der Waals surface area contributed by atoms with Gasteiger partial charge in [-0.3, -0.25) is 9.48 Å². The first kappa shape index (κ1) is 14.4. The molecule has 1 aromatic heterocycles. The predicted molar refractivity (Wildman–Crippen MR) is 76.3 cm³/mol. The molecular weight excluding hydrogens is 262 g/mol. The van der Waals surface area contributed by atoms with Crippen LogP contribution in [-0.2, 0) is 18.3 Å². The van der Waals surface area contributed by atoms with Crippen LogP contribution < -0.4 is 5.32 Å². The van der Waals surface area contributed by atoms with Gasteiger partial charge in [0.15, 0.2) is 0 Å². The average Bonchev–Trinajstić information content (AvgIpc) is 2.88. The van der Waals surface area contributed by atoms with Gasteiger partial charge in [-0.05, 0) is 26.0 Å². The first-order valence-corrected chi connectivity index (χ1v) is 7.63. The summed E-state index contributed by atoms with van der Waals surface area (Å²) >= 11 is 1.73. The van der Waals surface area contributed by atoms with Crippen molar-refractivity contribution in [2.45, 2.75) is 32.3 Å². The lowest BCUT2D eigenvalue weighted by Crippen LogP contribution is -2.43. The smallest absolute Gasteiger partial charge is 0.224 e. The first-order chi connectivity index (χ1) is 8.91. The average molecular weight is 283 g/mol. The maximum absolute atomic E-state index is 12.0. The summed E-state index contributed by atoms with van der Waals surface area (Å²) < 4.78 is 1.79. The lowest BCUT2D eigenvalue weighted by molar-refractivity contribution is -0.121. The molecule has 1 aromatic rings. The third kappa shape index (κ3) is 3.30. The van der Waals surface area contributed by atoms with Crippen LogP contribution in [0.2, 0.25) is 0 Å². The number of hydrogen-bond donors (Lipinski definition) is 2. The highest BCUT2D eigenvalue weighted by Crippen LogP contribution is 2.27. The Labute approximate surface area is 117 Å². The number of carbonyl (C=O) groups excluding carboxylic acids is 1. The summed E-state index contributed by atoms with van der Waals surface area (Å²) in [6.07, 6.45) is 1.08. The van der Waals surface area contributed by atoms with E-state index in [0.717, 1.165) is 29.1 Å². The van der Waals surface area contributed by atoms with E-state index in [4.69, 9.17) is 0 Å². The van der Waals surface area contributed by atoms with Crippen LogP contribution >= 0.6 is 11.8 Å². The lowest BCUT2D eigenvalue weighted by Gasteiger charge is -2.21. The summed E-state index contributed by atoms with van der Waals surface area (Å²) in [5.41, 5.74) is 2.17. The Hall–Kier alpha value is -1.01. The summed E-state index contributed by atoms with van der Waals surface area (Å²) in [7, 11) is 1.88. The van der Waals surface area contributed by atoms with Crippen LogP contribution in [0, 0.1) is 13.8 Å². The Morgan fingerprint density at radius 2 is 2.32 bits per heavy atom. The van der Waals surface area contributed by atoms with E-state index in [1.165, 1.54) is 0 Å². The zero-order valence-electron chi connectivity index (χ0n) is 11.7. The third-order valence-electron chi connectivity index (χ3n) is 3.69. The zero-order chi connectivity index (χ0) is 14.0. The number of nitrogens with one attached hydrogen (secondary N) is 1. The van der Waals surface area contributed by atoms with Crippen LogP contribution in [0.25, 0.3) is 0 Å². The molecule has 1 atom stereocenters. The Kier molecular flexibility index (Phi) is 4.20. The van der Waals surface area contributed by atoms with Crippen LogP contribution in [0.15, 0.2) is 0 Å². The van der Waals surface area contributed by atoms with Crippen molar-refractivity contribution in [2.75, 3.05) is 18.1 Å². The molecule has 0 aromatic carbocycles. The van der Waals surface area contributed by atoms with Crippen LogP contribution in [0.4, 0.5) is 0 Å². The van der Waals surface area contributed by atoms with Gasteiger partial charge in [0.25, 0.3) is 0 Å².